The minimum absolute atomic E-state index is 0.161. The summed E-state index contributed by atoms with van der Waals surface area (Å²) >= 11 is 5.50. The van der Waals surface area contributed by atoms with Crippen molar-refractivity contribution < 1.29 is 19.5 Å². The molecular formula is C18H20N2O4S2. The number of aliphatic carboxylic acids is 1. The van der Waals surface area contributed by atoms with Gasteiger partial charge in [-0.05, 0) is 29.2 Å². The number of thiophene rings is 1. The van der Waals surface area contributed by atoms with E-state index in [1.165, 1.54) is 11.3 Å². The van der Waals surface area contributed by atoms with E-state index in [1.54, 1.807) is 41.1 Å². The van der Waals surface area contributed by atoms with Gasteiger partial charge in [-0.1, -0.05) is 30.3 Å². The van der Waals surface area contributed by atoms with Crippen LogP contribution in [0.2, 0.25) is 0 Å². The summed E-state index contributed by atoms with van der Waals surface area (Å²) in [5.41, 5.74) is 1.26. The predicted molar refractivity (Wildman–Crippen MR) is 104 cm³/mol. The quantitative estimate of drug-likeness (QED) is 0.491. The fourth-order valence-electron chi connectivity index (χ4n) is 2.36. The van der Waals surface area contributed by atoms with Crippen molar-refractivity contribution in [2.75, 3.05) is 5.75 Å². The highest BCUT2D eigenvalue weighted by Crippen LogP contribution is 2.08. The predicted octanol–water partition coefficient (Wildman–Crippen LogP) is 1.98. The minimum Gasteiger partial charge on any atom is -0.480 e. The molecule has 2 rings (SSSR count). The van der Waals surface area contributed by atoms with Crippen molar-refractivity contribution in [1.29, 1.82) is 0 Å². The van der Waals surface area contributed by atoms with Crippen LogP contribution in [0.1, 0.15) is 22.3 Å². The van der Waals surface area contributed by atoms with Crippen LogP contribution in [0.4, 0.5) is 0 Å². The maximum absolute atomic E-state index is 12.5. The molecule has 0 aliphatic heterocycles. The summed E-state index contributed by atoms with van der Waals surface area (Å²) < 4.78 is 0. The monoisotopic (exact) mass is 392 g/mol. The number of rotatable bonds is 9. The van der Waals surface area contributed by atoms with Crippen LogP contribution in [-0.2, 0) is 16.0 Å². The van der Waals surface area contributed by atoms with Crippen molar-refractivity contribution >= 4 is 41.7 Å². The molecule has 138 valence electrons. The third-order valence-electron chi connectivity index (χ3n) is 3.72. The Balaban J connectivity index is 2.03. The second kappa shape index (κ2) is 9.98. The van der Waals surface area contributed by atoms with Crippen LogP contribution >= 0.6 is 24.0 Å². The van der Waals surface area contributed by atoms with Crippen LogP contribution < -0.4 is 10.6 Å². The maximum Gasteiger partial charge on any atom is 0.326 e. The second-order valence-electron chi connectivity index (χ2n) is 5.64. The largest absolute Gasteiger partial charge is 0.480 e. The number of benzene rings is 1. The summed E-state index contributed by atoms with van der Waals surface area (Å²) in [6.07, 6.45) is 0.455. The molecule has 2 atom stereocenters. The number of carbonyl (C=O) groups excluding carboxylic acids is 2. The van der Waals surface area contributed by atoms with Gasteiger partial charge in [0.05, 0.1) is 5.56 Å². The lowest BCUT2D eigenvalue weighted by Crippen LogP contribution is -2.52. The van der Waals surface area contributed by atoms with E-state index in [-0.39, 0.29) is 12.3 Å². The van der Waals surface area contributed by atoms with Gasteiger partial charge in [-0.2, -0.15) is 24.0 Å². The van der Waals surface area contributed by atoms with Crippen LogP contribution in [0.5, 0.6) is 0 Å². The fraction of sp³-hybridized carbons (Fsp3) is 0.278. The normalized spacial score (nSPS) is 12.8. The Bertz CT molecular complexity index is 735. The Labute approximate surface area is 161 Å². The lowest BCUT2D eigenvalue weighted by Gasteiger charge is -2.21. The summed E-state index contributed by atoms with van der Waals surface area (Å²) in [4.78, 5) is 36.2. The molecule has 2 aromatic rings. The zero-order valence-electron chi connectivity index (χ0n) is 13.9. The molecule has 1 aromatic carbocycles. The van der Waals surface area contributed by atoms with Gasteiger partial charge in [0.25, 0.3) is 5.91 Å². The van der Waals surface area contributed by atoms with E-state index in [4.69, 9.17) is 0 Å². The van der Waals surface area contributed by atoms with Crippen molar-refractivity contribution in [1.82, 2.24) is 10.6 Å². The molecule has 1 unspecified atom stereocenters. The van der Waals surface area contributed by atoms with E-state index in [0.29, 0.717) is 17.7 Å². The van der Waals surface area contributed by atoms with Crippen molar-refractivity contribution in [3.05, 3.63) is 58.3 Å². The van der Waals surface area contributed by atoms with E-state index in [0.717, 1.165) is 5.56 Å². The molecule has 0 fully saturated rings. The van der Waals surface area contributed by atoms with E-state index in [1.807, 2.05) is 6.07 Å². The van der Waals surface area contributed by atoms with E-state index in [9.17, 15) is 19.5 Å². The lowest BCUT2D eigenvalue weighted by molar-refractivity contribution is -0.142. The molecule has 0 aliphatic rings. The summed E-state index contributed by atoms with van der Waals surface area (Å²) in [5.74, 6) is -1.66. The molecule has 1 heterocycles. The highest BCUT2D eigenvalue weighted by atomic mass is 32.1. The zero-order valence-corrected chi connectivity index (χ0v) is 15.6. The molecule has 0 bridgehead atoms. The van der Waals surface area contributed by atoms with Gasteiger partial charge in [0.2, 0.25) is 5.91 Å². The van der Waals surface area contributed by atoms with Gasteiger partial charge in [0.15, 0.2) is 0 Å². The summed E-state index contributed by atoms with van der Waals surface area (Å²) in [7, 11) is 0. The van der Waals surface area contributed by atoms with Gasteiger partial charge in [-0.15, -0.1) is 0 Å². The highest BCUT2D eigenvalue weighted by molar-refractivity contribution is 7.80. The van der Waals surface area contributed by atoms with Crippen molar-refractivity contribution in [3.63, 3.8) is 0 Å². The average molecular weight is 393 g/mol. The van der Waals surface area contributed by atoms with Crippen LogP contribution in [0.3, 0.4) is 0 Å². The van der Waals surface area contributed by atoms with E-state index < -0.39 is 24.0 Å². The molecule has 0 saturated heterocycles. The molecule has 26 heavy (non-hydrogen) atoms. The Morgan fingerprint density at radius 1 is 1.08 bits per heavy atom. The van der Waals surface area contributed by atoms with Gasteiger partial charge in [0.1, 0.15) is 12.1 Å². The van der Waals surface area contributed by atoms with E-state index >= 15 is 0 Å². The van der Waals surface area contributed by atoms with Crippen LogP contribution in [0, 0.1) is 0 Å². The standard InChI is InChI=1S/C18H20N2O4S2/c21-16(13-7-9-26-11-13)19-14(6-8-25)17(22)20-15(18(23)24)10-12-4-2-1-3-5-12/h1-5,7,9,11,14-15,25H,6,8,10H2,(H,19,21)(H,20,22)(H,23,24)/t14?,15-/m1/s1. The fourth-order valence-corrected chi connectivity index (χ4v) is 3.25. The number of carboxylic acids is 1. The summed E-state index contributed by atoms with van der Waals surface area (Å²) in [6.45, 7) is 0. The number of carboxylic acid groups (broad SMARTS) is 1. The summed E-state index contributed by atoms with van der Waals surface area (Å²) in [6, 6.07) is 8.77. The van der Waals surface area contributed by atoms with Crippen LogP contribution in [0.25, 0.3) is 0 Å². The molecule has 1 aromatic heterocycles. The first-order chi connectivity index (χ1) is 12.5. The number of thiol groups is 1. The number of hydrogen-bond acceptors (Lipinski definition) is 5. The number of amides is 2. The number of nitrogens with one attached hydrogen (secondary N) is 2. The first-order valence-corrected chi connectivity index (χ1v) is 9.59. The Hall–Kier alpha value is -2.32. The van der Waals surface area contributed by atoms with Gasteiger partial charge in [-0.25, -0.2) is 4.79 Å². The molecule has 2 amide bonds. The number of hydrogen-bond donors (Lipinski definition) is 4. The second-order valence-corrected chi connectivity index (χ2v) is 6.87. The summed E-state index contributed by atoms with van der Waals surface area (Å²) in [5, 5.41) is 18.0. The Morgan fingerprint density at radius 3 is 2.38 bits per heavy atom. The van der Waals surface area contributed by atoms with Gasteiger partial charge in [-0.3, -0.25) is 9.59 Å². The Morgan fingerprint density at radius 2 is 1.81 bits per heavy atom. The van der Waals surface area contributed by atoms with Gasteiger partial charge >= 0.3 is 5.97 Å². The first-order valence-electron chi connectivity index (χ1n) is 8.02. The third-order valence-corrected chi connectivity index (χ3v) is 4.66. The van der Waals surface area contributed by atoms with Crippen LogP contribution in [-0.4, -0.2) is 40.7 Å². The SMILES string of the molecule is O=C(NC(CCS)C(=O)N[C@H](Cc1ccccc1)C(=O)O)c1ccsc1. The zero-order chi connectivity index (χ0) is 18.9. The maximum atomic E-state index is 12.5. The third kappa shape index (κ3) is 5.89. The minimum atomic E-state index is -1.13. The average Bonchev–Trinajstić information content (AvgIpc) is 3.16. The van der Waals surface area contributed by atoms with Crippen molar-refractivity contribution in [3.8, 4) is 0 Å². The first kappa shape index (κ1) is 20.0. The Kier molecular flexibility index (Phi) is 7.68. The van der Waals surface area contributed by atoms with E-state index in [2.05, 4.69) is 23.3 Å². The van der Waals surface area contributed by atoms with Gasteiger partial charge < -0.3 is 15.7 Å². The number of carbonyl (C=O) groups is 3. The van der Waals surface area contributed by atoms with Gasteiger partial charge in [0, 0.05) is 11.8 Å². The topological polar surface area (TPSA) is 95.5 Å². The lowest BCUT2D eigenvalue weighted by atomic mass is 10.1. The highest BCUT2D eigenvalue weighted by Gasteiger charge is 2.26. The smallest absolute Gasteiger partial charge is 0.326 e. The molecule has 0 radical (unpaired) electrons. The molecular weight excluding hydrogens is 372 g/mol. The van der Waals surface area contributed by atoms with Crippen molar-refractivity contribution in [2.24, 2.45) is 0 Å². The molecule has 0 aliphatic carbocycles. The molecule has 0 saturated carbocycles. The molecule has 0 spiro atoms. The van der Waals surface area contributed by atoms with Crippen molar-refractivity contribution in [2.45, 2.75) is 24.9 Å². The van der Waals surface area contributed by atoms with Crippen LogP contribution in [0.15, 0.2) is 47.2 Å². The molecule has 6 nitrogen and oxygen atoms in total. The molecule has 3 N–H and O–H groups in total. The molecule has 8 heteroatoms.